The zero-order chi connectivity index (χ0) is 79.2. The molecule has 1 saturated carbocycles. The first-order chi connectivity index (χ1) is 50.0. The van der Waals surface area contributed by atoms with E-state index in [0.717, 1.165) is 11.8 Å². The Labute approximate surface area is 621 Å². The fraction of sp³-hybridized carbons (Fsp3) is 0.723. The van der Waals surface area contributed by atoms with E-state index in [-0.39, 0.29) is 102 Å². The molecule has 106 heavy (non-hydrogen) atoms. The van der Waals surface area contributed by atoms with Crippen LogP contribution in [0.3, 0.4) is 0 Å². The number of carbonyl (C=O) groups excluding carboxylic acids is 16. The van der Waals surface area contributed by atoms with Gasteiger partial charge in [0.15, 0.2) is 17.1 Å². The van der Waals surface area contributed by atoms with Crippen LogP contribution in [0.15, 0.2) is 0 Å². The van der Waals surface area contributed by atoms with Gasteiger partial charge in [-0.15, -0.1) is 0 Å². The minimum Gasteiger partial charge on any atom is -0.481 e. The fourth-order valence-electron chi connectivity index (χ4n) is 12.6. The number of hydrogen-bond acceptors (Lipinski definition) is 23. The van der Waals surface area contributed by atoms with E-state index in [0.29, 0.717) is 47.3 Å². The molecular formula is C65H105N19O20S2. The number of Topliss-reactive ketones (excluding diaryl/α,β-unsaturated/α-hetero) is 1. The minimum absolute atomic E-state index is 0.0146. The van der Waals surface area contributed by atoms with E-state index < -0.39 is 215 Å². The lowest BCUT2D eigenvalue weighted by atomic mass is 9.96. The van der Waals surface area contributed by atoms with Gasteiger partial charge in [-0.3, -0.25) is 88.0 Å². The number of guanidine groups is 1. The topological polar surface area (TPSA) is 593 Å². The van der Waals surface area contributed by atoms with Gasteiger partial charge in [-0.05, 0) is 88.4 Å². The SMILES string of the molecule is CC[C@H](C)[C@@H]1NC(=O)NC(=O)NC(=O)[C@H](C)NC(=O)[C@@H](CC(=O)O)NC(=O)[C@@H]2CCCN2C(=O)[C@H]([C@@H](C)CC)NC(=O)[C@@H](N)SS[C@@H](C(=O)N[C@@H](CO)C(=O)N[C@@H](CCCNC(=N)N)C(=O)N[C@@H](CO)C(=O)N[C@@H](CC(C)C)C(=O)N2CCC[C@H]2C(=O)N2CCC[C@H]2C(=O)N[C@]2([C@@H](C)CC)CC2=O)NC1=O. The van der Waals surface area contributed by atoms with Gasteiger partial charge in [-0.2, -0.15) is 0 Å². The average Bonchev–Trinajstić information content (AvgIpc) is 1.59. The molecule has 21 N–H and O–H groups in total. The Morgan fingerprint density at radius 3 is 1.79 bits per heavy atom. The lowest BCUT2D eigenvalue weighted by Gasteiger charge is -2.34. The molecule has 5 rings (SSSR count). The van der Waals surface area contributed by atoms with Crippen molar-refractivity contribution in [3.63, 3.8) is 0 Å². The van der Waals surface area contributed by atoms with Crippen LogP contribution in [-0.4, -0.2) is 259 Å². The molecule has 0 bridgehead atoms. The van der Waals surface area contributed by atoms with E-state index in [9.17, 15) is 96.8 Å². The molecule has 0 radical (unpaired) electrons. The number of carboxylic acids is 1. The number of ketones is 1. The molecule has 5 fully saturated rings. The zero-order valence-electron chi connectivity index (χ0n) is 61.1. The summed E-state index contributed by atoms with van der Waals surface area (Å²) in [5, 5.41) is 65.5. The molecule has 17 atom stereocenters. The van der Waals surface area contributed by atoms with Crippen LogP contribution in [0.25, 0.3) is 0 Å². The number of rotatable bonds is 28. The predicted molar refractivity (Wildman–Crippen MR) is 381 cm³/mol. The van der Waals surface area contributed by atoms with Crippen molar-refractivity contribution in [2.45, 2.75) is 235 Å². The summed E-state index contributed by atoms with van der Waals surface area (Å²) in [5.41, 5.74) is 10.9. The van der Waals surface area contributed by atoms with Gasteiger partial charge in [0, 0.05) is 32.6 Å². The maximum atomic E-state index is 14.6. The second kappa shape index (κ2) is 40.7. The number of urea groups is 2. The number of aliphatic hydroxyl groups is 2. The molecule has 39 nitrogen and oxygen atoms in total. The van der Waals surface area contributed by atoms with Crippen molar-refractivity contribution in [3.05, 3.63) is 0 Å². The number of amides is 17. The lowest BCUT2D eigenvalue weighted by molar-refractivity contribution is -0.148. The Morgan fingerprint density at radius 1 is 0.632 bits per heavy atom. The Morgan fingerprint density at radius 2 is 1.21 bits per heavy atom. The van der Waals surface area contributed by atoms with Crippen molar-refractivity contribution >= 4 is 128 Å². The first kappa shape index (κ1) is 87.7. The molecular weight excluding hydrogens is 1430 g/mol. The number of carboxylic acid groups (broad SMARTS) is 1. The third-order valence-corrected chi connectivity index (χ3v) is 22.1. The summed E-state index contributed by atoms with van der Waals surface area (Å²) in [4.78, 5) is 239. The van der Waals surface area contributed by atoms with Crippen LogP contribution in [0.4, 0.5) is 9.59 Å². The first-order valence-electron chi connectivity index (χ1n) is 35.7. The normalized spacial score (nSPS) is 26.5. The monoisotopic (exact) mass is 1540 g/mol. The van der Waals surface area contributed by atoms with Gasteiger partial charge >= 0.3 is 18.0 Å². The minimum atomic E-state index is -2.01. The molecule has 0 aromatic carbocycles. The Bertz CT molecular complexity index is 3300. The summed E-state index contributed by atoms with van der Waals surface area (Å²) in [6, 6.07) is -19.4. The summed E-state index contributed by atoms with van der Waals surface area (Å²) < 4.78 is 0. The fourth-order valence-corrected chi connectivity index (χ4v) is 14.7. The molecule has 0 aromatic heterocycles. The van der Waals surface area contributed by atoms with Gasteiger partial charge < -0.3 is 100.0 Å². The number of fused-ring (bicyclic) bond motifs is 1. The van der Waals surface area contributed by atoms with Crippen molar-refractivity contribution in [1.82, 2.24) is 83.8 Å². The summed E-state index contributed by atoms with van der Waals surface area (Å²) in [6.45, 7) is 12.7. The molecule has 17 amide bonds. The van der Waals surface area contributed by atoms with Gasteiger partial charge in [0.25, 0.3) is 5.91 Å². The molecule has 0 aromatic rings. The van der Waals surface area contributed by atoms with E-state index in [4.69, 9.17) is 16.9 Å². The van der Waals surface area contributed by atoms with E-state index in [1.807, 2.05) is 19.2 Å². The summed E-state index contributed by atoms with van der Waals surface area (Å²) in [5.74, 6) is -16.7. The Kier molecular flexibility index (Phi) is 33.6. The predicted octanol–water partition coefficient (Wildman–Crippen LogP) is -4.87. The Hall–Kier alpha value is -8.96. The van der Waals surface area contributed by atoms with Gasteiger partial charge in [0.1, 0.15) is 77.4 Å². The molecule has 0 spiro atoms. The highest BCUT2D eigenvalue weighted by Crippen LogP contribution is 2.40. The quantitative estimate of drug-likeness (QED) is 0.0151. The maximum Gasteiger partial charge on any atom is 0.329 e. The number of hydrogen-bond donors (Lipinski definition) is 19. The third kappa shape index (κ3) is 24.0. The molecule has 592 valence electrons. The molecule has 1 aliphatic carbocycles. The summed E-state index contributed by atoms with van der Waals surface area (Å²) >= 11 is 0. The van der Waals surface area contributed by atoms with Crippen LogP contribution in [0.5, 0.6) is 0 Å². The zero-order valence-corrected chi connectivity index (χ0v) is 62.7. The number of nitrogens with one attached hydrogen (secondary N) is 14. The van der Waals surface area contributed by atoms with Crippen LogP contribution >= 0.6 is 21.6 Å². The van der Waals surface area contributed by atoms with Crippen LogP contribution in [0, 0.1) is 29.1 Å². The molecule has 0 unspecified atom stereocenters. The second-order valence-electron chi connectivity index (χ2n) is 27.7. The van der Waals surface area contributed by atoms with E-state index >= 15 is 0 Å². The molecule has 5 aliphatic rings. The van der Waals surface area contributed by atoms with Gasteiger partial charge in [-0.25, -0.2) is 9.59 Å². The van der Waals surface area contributed by atoms with Crippen LogP contribution in [-0.2, 0) is 71.9 Å². The number of carbonyl (C=O) groups is 17. The first-order valence-corrected chi connectivity index (χ1v) is 38.0. The number of aliphatic hydroxyl groups excluding tert-OH is 2. The van der Waals surface area contributed by atoms with Crippen molar-refractivity contribution in [1.29, 1.82) is 5.41 Å². The standard InChI is InChI=1S/C65H105N19O20S2/c1-10-31(6)45-55(97)78-58(106-105-47(66)56(98)76-46(32(7)11-2)61(102)83-23-14-18-40(83)53(95)72-36(26-44(88)89)50(92)70-34(9)48(90)79-64(104)80-63(103)77-45)57(99)75-39(29-86)51(93)71-35(17-13-21-69-62(67)68)49(91)74-38(28-85)52(94)73-37(25-30(4)5)59(100)84-24-16-20-42(84)60(101)82-22-15-19-41(82)54(96)81-65(27-43(65)87)33(8)12-3/h30-42,45-47,58,85-86H,10-29,66H2,1-9H3,(H,70,92)(H,71,93)(H,72,95)(H,73,94)(H,74,91)(H,75,99)(H,76,98)(H,78,97)(H,81,96)(H,88,89)(H4,67,68,69)(H3,77,79,80,90,103,104)/t31-,32-,33-,34-,35-,36+,37-,38-,39-,40-,41-,42-,45-,46-,47-,58-,65-/m0/s1. The van der Waals surface area contributed by atoms with E-state index in [2.05, 4.69) is 58.5 Å². The number of aliphatic carboxylic acids is 1. The second-order valence-corrected chi connectivity index (χ2v) is 30.2. The number of imide groups is 2. The number of nitrogens with zero attached hydrogens (tertiary/aromatic N) is 3. The molecule has 4 heterocycles. The Balaban J connectivity index is 1.39. The lowest BCUT2D eigenvalue weighted by Crippen LogP contribution is -2.61. The number of nitrogens with two attached hydrogens (primary N) is 2. The third-order valence-electron chi connectivity index (χ3n) is 19.5. The van der Waals surface area contributed by atoms with Crippen molar-refractivity contribution < 1.29 is 96.8 Å². The van der Waals surface area contributed by atoms with Crippen molar-refractivity contribution in [3.8, 4) is 0 Å². The number of likely N-dealkylation sites (tertiary alicyclic amines) is 2. The smallest absolute Gasteiger partial charge is 0.329 e. The molecule has 41 heteroatoms. The molecule has 4 saturated heterocycles. The highest BCUT2D eigenvalue weighted by Gasteiger charge is 2.59. The van der Waals surface area contributed by atoms with Gasteiger partial charge in [-0.1, -0.05) is 96.2 Å². The average molecular weight is 1540 g/mol. The highest BCUT2D eigenvalue weighted by molar-refractivity contribution is 8.77. The van der Waals surface area contributed by atoms with Crippen LogP contribution < -0.4 is 80.6 Å². The highest BCUT2D eigenvalue weighted by atomic mass is 33.1. The van der Waals surface area contributed by atoms with Crippen molar-refractivity contribution in [2.24, 2.45) is 35.1 Å². The van der Waals surface area contributed by atoms with Crippen LogP contribution in [0.2, 0.25) is 0 Å². The molecule has 4 aliphatic heterocycles. The largest absolute Gasteiger partial charge is 0.481 e. The summed E-state index contributed by atoms with van der Waals surface area (Å²) in [7, 11) is 0.846. The maximum absolute atomic E-state index is 14.6. The van der Waals surface area contributed by atoms with E-state index in [1.54, 1.807) is 39.9 Å². The van der Waals surface area contributed by atoms with Gasteiger partial charge in [0.05, 0.1) is 19.6 Å². The van der Waals surface area contributed by atoms with Crippen molar-refractivity contribution in [2.75, 3.05) is 39.4 Å². The van der Waals surface area contributed by atoms with Gasteiger partial charge in [0.2, 0.25) is 70.9 Å². The van der Waals surface area contributed by atoms with E-state index in [1.165, 1.54) is 16.7 Å². The summed E-state index contributed by atoms with van der Waals surface area (Å²) in [6.07, 6.45) is 1.61. The van der Waals surface area contributed by atoms with Crippen LogP contribution in [0.1, 0.15) is 152 Å².